The molecular weight excluding hydrogens is 933 g/mol. The zero-order valence-corrected chi connectivity index (χ0v) is 32.8. The van der Waals surface area contributed by atoms with E-state index in [2.05, 4.69) is 5.90 Å². The Morgan fingerprint density at radius 2 is 0.408 bits per heavy atom. The van der Waals surface area contributed by atoms with Crippen LogP contribution < -0.4 is 81.0 Å². The van der Waals surface area contributed by atoms with E-state index >= 15 is 0 Å². The maximum Gasteiger partial charge on any atom is 2.00 e. The first-order chi connectivity index (χ1) is 22.8. The van der Waals surface area contributed by atoms with Gasteiger partial charge in [0.2, 0.25) is 0 Å². The molecule has 0 heterocycles. The van der Waals surface area contributed by atoms with E-state index in [0.717, 1.165) is 0 Å². The zero-order chi connectivity index (χ0) is 32.1. The van der Waals surface area contributed by atoms with E-state index in [-0.39, 0.29) is 64.4 Å². The van der Waals surface area contributed by atoms with Crippen LogP contribution >= 0.6 is 17.2 Å². The molecule has 0 amide bonds. The summed E-state index contributed by atoms with van der Waals surface area (Å²) in [6, 6.07) is 57.0. The molecule has 6 aromatic carbocycles. The van der Waals surface area contributed by atoms with E-state index in [1.54, 1.807) is 0 Å². The first-order valence-corrected chi connectivity index (χ1v) is 16.2. The quantitative estimate of drug-likeness (QED) is 0.0851. The largest absolute Gasteiger partial charge is 2.00 e. The van der Waals surface area contributed by atoms with Gasteiger partial charge in [0.05, 0.1) is 0 Å². The third kappa shape index (κ3) is 17.4. The first-order valence-electron chi connectivity index (χ1n) is 14.0. The Hall–Kier alpha value is -3.15. The van der Waals surface area contributed by atoms with Gasteiger partial charge in [0.1, 0.15) is 34.5 Å². The Morgan fingerprint density at radius 3 is 0.531 bits per heavy atom. The van der Waals surface area contributed by atoms with Gasteiger partial charge in [-0.2, -0.15) is 5.90 Å². The average Bonchev–Trinajstić information content (AvgIpc) is 3.12. The normalized spacial score (nSPS) is 9.31. The molecule has 8 nitrogen and oxygen atoms in total. The van der Waals surface area contributed by atoms with Gasteiger partial charge in [0, 0.05) is 0 Å². The van der Waals surface area contributed by atoms with Gasteiger partial charge in [-0.3, -0.25) is 0 Å². The second-order valence-corrected chi connectivity index (χ2v) is 10.9. The fourth-order valence-electron chi connectivity index (χ4n) is 3.52. The molecule has 0 aromatic heterocycles. The van der Waals surface area contributed by atoms with Crippen molar-refractivity contribution in [2.75, 3.05) is 0 Å². The number of para-hydroxylation sites is 6. The van der Waals surface area contributed by atoms with E-state index in [1.165, 1.54) is 0 Å². The molecular formula is C36H32I2NNiO7P2. The van der Waals surface area contributed by atoms with Crippen LogP contribution in [0.25, 0.3) is 0 Å². The monoisotopic (exact) mass is 964 g/mol. The van der Waals surface area contributed by atoms with Crippen molar-refractivity contribution < 1.29 is 96.8 Å². The molecule has 0 saturated carbocycles. The maximum atomic E-state index is 7.75. The van der Waals surface area contributed by atoms with Crippen LogP contribution in [0.5, 0.6) is 34.5 Å². The Balaban J connectivity index is 0.000000441. The summed E-state index contributed by atoms with van der Waals surface area (Å²) >= 11 is 0. The van der Waals surface area contributed by atoms with E-state index in [0.29, 0.717) is 34.5 Å². The van der Waals surface area contributed by atoms with Crippen LogP contribution in [0.3, 0.4) is 0 Å². The molecule has 1 radical (unpaired) electrons. The molecule has 0 aliphatic rings. The summed E-state index contributed by atoms with van der Waals surface area (Å²) in [6.45, 7) is 0. The van der Waals surface area contributed by atoms with E-state index in [4.69, 9.17) is 32.3 Å². The summed E-state index contributed by atoms with van der Waals surface area (Å²) in [4.78, 5) is 0. The minimum Gasteiger partial charge on any atom is -1.00 e. The molecule has 257 valence electrons. The smallest absolute Gasteiger partial charge is 1.00 e. The van der Waals surface area contributed by atoms with Crippen molar-refractivity contribution in [3.63, 3.8) is 0 Å². The predicted octanol–water partition coefficient (Wildman–Crippen LogP) is 4.20. The van der Waals surface area contributed by atoms with Gasteiger partial charge in [-0.05, 0) is 72.8 Å². The Bertz CT molecular complexity index is 1300. The number of halogens is 2. The van der Waals surface area contributed by atoms with Gasteiger partial charge in [-0.15, -0.1) is 5.21 Å². The Kier molecular flexibility index (Phi) is 23.9. The fraction of sp³-hybridized carbons (Fsp3) is 0. The van der Waals surface area contributed by atoms with Crippen LogP contribution in [0.15, 0.2) is 182 Å². The third-order valence-electron chi connectivity index (χ3n) is 5.54. The average molecular weight is 965 g/mol. The molecule has 0 aliphatic carbocycles. The van der Waals surface area contributed by atoms with Crippen molar-refractivity contribution in [3.05, 3.63) is 182 Å². The minimum absolute atomic E-state index is 0. The minimum atomic E-state index is -1.59. The Labute approximate surface area is 333 Å². The van der Waals surface area contributed by atoms with Gasteiger partial charge in [0.15, 0.2) is 0 Å². The van der Waals surface area contributed by atoms with Crippen molar-refractivity contribution in [3.8, 4) is 34.5 Å². The summed E-state index contributed by atoms with van der Waals surface area (Å²) in [7, 11) is -3.18. The number of benzene rings is 6. The molecule has 6 aromatic rings. The number of nitrogens with two attached hydrogens (primary N) is 1. The predicted molar refractivity (Wildman–Crippen MR) is 181 cm³/mol. The van der Waals surface area contributed by atoms with Gasteiger partial charge < -0.3 is 75.1 Å². The topological polar surface area (TPSA) is 101 Å². The summed E-state index contributed by atoms with van der Waals surface area (Å²) < 4.78 is 35.1. The van der Waals surface area contributed by atoms with Crippen LogP contribution in [0, 0.1) is 0 Å². The standard InChI is InChI=1S/2C18H15O3P.2HI.H2NO.Ni/c2*1-4-10-16(11-5-1)19-22(20-17-12-6-2-7-13-17)21-18-14-8-3-9-15-18;;;1-2;/h2*1-15H;2*1H;1H2;/q;;;;;+2/p-2. The number of hydrogen-bond acceptors (Lipinski definition) is 7. The molecule has 0 unspecified atom stereocenters. The molecule has 0 fully saturated rings. The molecule has 0 spiro atoms. The second kappa shape index (κ2) is 26.7. The second-order valence-electron chi connectivity index (χ2n) is 8.87. The van der Waals surface area contributed by atoms with Crippen LogP contribution in [0.2, 0.25) is 0 Å². The first kappa shape index (κ1) is 43.9. The molecule has 6 rings (SSSR count). The van der Waals surface area contributed by atoms with Crippen LogP contribution in [-0.4, -0.2) is 0 Å². The van der Waals surface area contributed by atoms with Crippen molar-refractivity contribution in [1.29, 1.82) is 0 Å². The Morgan fingerprint density at radius 1 is 0.286 bits per heavy atom. The van der Waals surface area contributed by atoms with Crippen molar-refractivity contribution in [1.82, 2.24) is 0 Å². The summed E-state index contributed by atoms with van der Waals surface area (Å²) in [5.41, 5.74) is 0. The van der Waals surface area contributed by atoms with Crippen LogP contribution in [0.1, 0.15) is 0 Å². The van der Waals surface area contributed by atoms with Crippen molar-refractivity contribution in [2.24, 2.45) is 5.90 Å². The maximum absolute atomic E-state index is 7.75. The van der Waals surface area contributed by atoms with Crippen LogP contribution in [-0.2, 0) is 21.7 Å². The summed E-state index contributed by atoms with van der Waals surface area (Å²) in [5, 5.41) is 7.75. The van der Waals surface area contributed by atoms with E-state index in [1.807, 2.05) is 182 Å². The van der Waals surface area contributed by atoms with Gasteiger partial charge >= 0.3 is 33.7 Å². The van der Waals surface area contributed by atoms with Crippen molar-refractivity contribution in [2.45, 2.75) is 0 Å². The zero-order valence-electron chi connectivity index (χ0n) is 25.7. The molecule has 0 atom stereocenters. The van der Waals surface area contributed by atoms with E-state index in [9.17, 15) is 0 Å². The number of hydrogen-bond donors (Lipinski definition) is 1. The SMILES string of the molecule is N[O].[I-].[I-].[Ni+2].c1ccc(OP(Oc2ccccc2)Oc2ccccc2)cc1.c1ccc(OP(Oc2ccccc2)Oc2ccccc2)cc1. The molecule has 49 heavy (non-hydrogen) atoms. The van der Waals surface area contributed by atoms with Gasteiger partial charge in [-0.1, -0.05) is 109 Å². The molecule has 13 heteroatoms. The molecule has 2 N–H and O–H groups in total. The summed E-state index contributed by atoms with van der Waals surface area (Å²) in [5.74, 6) is 7.50. The molecule has 0 bridgehead atoms. The van der Waals surface area contributed by atoms with Crippen LogP contribution in [0.4, 0.5) is 0 Å². The van der Waals surface area contributed by atoms with Gasteiger partial charge in [-0.25, -0.2) is 0 Å². The number of rotatable bonds is 12. The van der Waals surface area contributed by atoms with Gasteiger partial charge in [0.25, 0.3) is 0 Å². The molecule has 0 aliphatic heterocycles. The fourth-order valence-corrected chi connectivity index (χ4v) is 5.50. The summed E-state index contributed by atoms with van der Waals surface area (Å²) in [6.07, 6.45) is 0. The van der Waals surface area contributed by atoms with Crippen molar-refractivity contribution >= 4 is 17.2 Å². The molecule has 0 saturated heterocycles. The third-order valence-corrected chi connectivity index (χ3v) is 7.70. The van der Waals surface area contributed by atoms with E-state index < -0.39 is 17.2 Å².